The largest absolute Gasteiger partial charge is 0.317 e. The van der Waals surface area contributed by atoms with Crippen LogP contribution in [-0.2, 0) is 14.6 Å². The lowest BCUT2D eigenvalue weighted by Gasteiger charge is -2.09. The second kappa shape index (κ2) is 8.16. The molecule has 0 bridgehead atoms. The summed E-state index contributed by atoms with van der Waals surface area (Å²) < 4.78 is 28.3. The van der Waals surface area contributed by atoms with E-state index in [0.717, 1.165) is 17.5 Å². The van der Waals surface area contributed by atoms with Crippen molar-refractivity contribution in [2.75, 3.05) is 11.6 Å². The lowest BCUT2D eigenvalue weighted by atomic mass is 10.2. The summed E-state index contributed by atoms with van der Waals surface area (Å²) in [6.07, 6.45) is 4.16. The maximum absolute atomic E-state index is 12.4. The van der Waals surface area contributed by atoms with Crippen molar-refractivity contribution in [3.05, 3.63) is 58.4 Å². The molecule has 1 N–H and O–H groups in total. The third-order valence-corrected chi connectivity index (χ3v) is 5.83. The molecular formula is C18H14ClN5O3S2. The molecule has 8 nitrogen and oxygen atoms in total. The number of aromatic nitrogens is 3. The Morgan fingerprint density at radius 3 is 2.76 bits per heavy atom. The molecule has 0 aliphatic carbocycles. The second-order valence-corrected chi connectivity index (χ2v) is 9.08. The van der Waals surface area contributed by atoms with E-state index < -0.39 is 15.7 Å². The van der Waals surface area contributed by atoms with E-state index in [2.05, 4.69) is 14.7 Å². The van der Waals surface area contributed by atoms with Crippen molar-refractivity contribution >= 4 is 50.1 Å². The minimum Gasteiger partial charge on any atom is -0.317 e. The van der Waals surface area contributed by atoms with Crippen molar-refractivity contribution in [1.82, 2.24) is 13.9 Å². The normalized spacial score (nSPS) is 11.9. The van der Waals surface area contributed by atoms with E-state index in [4.69, 9.17) is 11.6 Å². The van der Waals surface area contributed by atoms with Gasteiger partial charge in [-0.25, -0.2) is 8.42 Å². The molecule has 3 aromatic rings. The molecule has 2 heterocycles. The first kappa shape index (κ1) is 20.7. The number of sulfone groups is 1. The monoisotopic (exact) mass is 447 g/mol. The third-order valence-electron chi connectivity index (χ3n) is 3.83. The average Bonchev–Trinajstić information content (AvgIpc) is 3.31. The van der Waals surface area contributed by atoms with Crippen LogP contribution in [0.1, 0.15) is 11.3 Å². The average molecular weight is 448 g/mol. The molecule has 0 atom stereocenters. The van der Waals surface area contributed by atoms with Gasteiger partial charge in [0.1, 0.15) is 11.6 Å². The minimum absolute atomic E-state index is 0.0164. The van der Waals surface area contributed by atoms with Gasteiger partial charge in [0.05, 0.1) is 0 Å². The van der Waals surface area contributed by atoms with Crippen molar-refractivity contribution in [1.29, 1.82) is 5.26 Å². The van der Waals surface area contributed by atoms with Crippen LogP contribution in [0.25, 0.3) is 11.8 Å². The van der Waals surface area contributed by atoms with E-state index in [-0.39, 0.29) is 15.9 Å². The molecule has 0 saturated carbocycles. The Morgan fingerprint density at radius 2 is 2.14 bits per heavy atom. The molecule has 0 saturated heterocycles. The van der Waals surface area contributed by atoms with Gasteiger partial charge in [-0.15, -0.1) is 0 Å². The maximum Gasteiger partial charge on any atom is 0.268 e. The van der Waals surface area contributed by atoms with E-state index >= 15 is 0 Å². The number of carbonyl (C=O) groups is 1. The van der Waals surface area contributed by atoms with Gasteiger partial charge >= 0.3 is 0 Å². The summed E-state index contributed by atoms with van der Waals surface area (Å²) in [5.74, 6) is -0.724. The molecule has 0 aliphatic rings. The number of aryl methyl sites for hydroxylation is 1. The summed E-state index contributed by atoms with van der Waals surface area (Å²) in [6.45, 7) is 1.89. The highest BCUT2D eigenvalue weighted by atomic mass is 35.5. The fourth-order valence-electron chi connectivity index (χ4n) is 2.35. The standard InChI is InChI=1S/C18H14ClN5O3S2/c1-11-5-6-14(9-15(11)19)24-7-3-4-13(24)8-12(10-20)16(25)21-17-22-18(23-28-17)29(2,26)27/h3-9H,1-2H3,(H,21,22,23,25)/b12-8-. The van der Waals surface area contributed by atoms with Crippen molar-refractivity contribution in [3.63, 3.8) is 0 Å². The zero-order valence-electron chi connectivity index (χ0n) is 15.2. The lowest BCUT2D eigenvalue weighted by molar-refractivity contribution is -0.112. The Labute approximate surface area is 176 Å². The Morgan fingerprint density at radius 1 is 1.38 bits per heavy atom. The summed E-state index contributed by atoms with van der Waals surface area (Å²) in [5, 5.41) is 12.0. The van der Waals surface area contributed by atoms with Crippen LogP contribution < -0.4 is 5.32 Å². The van der Waals surface area contributed by atoms with Gasteiger partial charge in [-0.1, -0.05) is 17.7 Å². The maximum atomic E-state index is 12.4. The number of amides is 1. The van der Waals surface area contributed by atoms with E-state index in [1.165, 1.54) is 6.08 Å². The number of nitrogens with zero attached hydrogens (tertiary/aromatic N) is 4. The Kier molecular flexibility index (Phi) is 5.83. The Balaban J connectivity index is 1.88. The predicted octanol–water partition coefficient (Wildman–Crippen LogP) is 3.24. The summed E-state index contributed by atoms with van der Waals surface area (Å²) in [5.41, 5.74) is 2.11. The van der Waals surface area contributed by atoms with Crippen LogP contribution in [0.15, 0.2) is 47.3 Å². The number of hydrogen-bond acceptors (Lipinski definition) is 7. The van der Waals surface area contributed by atoms with E-state index in [0.29, 0.717) is 22.2 Å². The quantitative estimate of drug-likeness (QED) is 0.473. The van der Waals surface area contributed by atoms with Crippen molar-refractivity contribution in [2.24, 2.45) is 0 Å². The highest BCUT2D eigenvalue weighted by Crippen LogP contribution is 2.22. The fraction of sp³-hybridized carbons (Fsp3) is 0.111. The molecule has 0 radical (unpaired) electrons. The van der Waals surface area contributed by atoms with Gasteiger partial charge in [-0.05, 0) is 42.8 Å². The number of nitrogens with one attached hydrogen (secondary N) is 1. The van der Waals surface area contributed by atoms with Gasteiger partial charge in [0.15, 0.2) is 0 Å². The van der Waals surface area contributed by atoms with Crippen LogP contribution >= 0.6 is 23.1 Å². The molecule has 0 unspecified atom stereocenters. The molecule has 29 heavy (non-hydrogen) atoms. The van der Waals surface area contributed by atoms with Crippen LogP contribution in [0.5, 0.6) is 0 Å². The summed E-state index contributed by atoms with van der Waals surface area (Å²) in [6, 6.07) is 10.9. The first-order chi connectivity index (χ1) is 13.7. The van der Waals surface area contributed by atoms with Crippen LogP contribution in [0.3, 0.4) is 0 Å². The highest BCUT2D eigenvalue weighted by molar-refractivity contribution is 7.90. The summed E-state index contributed by atoms with van der Waals surface area (Å²) >= 11 is 6.91. The number of hydrogen-bond donors (Lipinski definition) is 1. The number of benzene rings is 1. The number of halogens is 1. The van der Waals surface area contributed by atoms with Crippen molar-refractivity contribution in [2.45, 2.75) is 12.1 Å². The van der Waals surface area contributed by atoms with Gasteiger partial charge < -0.3 is 4.57 Å². The van der Waals surface area contributed by atoms with Gasteiger partial charge in [-0.2, -0.15) is 14.6 Å². The predicted molar refractivity (Wildman–Crippen MR) is 111 cm³/mol. The van der Waals surface area contributed by atoms with E-state index in [1.54, 1.807) is 29.0 Å². The molecule has 1 amide bonds. The first-order valence-electron chi connectivity index (χ1n) is 8.10. The fourth-order valence-corrected chi connectivity index (χ4v) is 3.96. The topological polar surface area (TPSA) is 118 Å². The Bertz CT molecular complexity index is 1270. The van der Waals surface area contributed by atoms with Crippen LogP contribution in [0.4, 0.5) is 5.13 Å². The third kappa shape index (κ3) is 4.71. The van der Waals surface area contributed by atoms with Crippen LogP contribution in [0, 0.1) is 18.3 Å². The van der Waals surface area contributed by atoms with Gasteiger partial charge in [0, 0.05) is 40.4 Å². The lowest BCUT2D eigenvalue weighted by Crippen LogP contribution is -2.14. The molecule has 11 heteroatoms. The molecule has 0 aliphatic heterocycles. The molecule has 0 spiro atoms. The van der Waals surface area contributed by atoms with E-state index in [1.807, 2.05) is 25.1 Å². The Hall–Kier alpha value is -3.00. The molecule has 3 rings (SSSR count). The zero-order valence-corrected chi connectivity index (χ0v) is 17.6. The molecule has 1 aromatic carbocycles. The second-order valence-electron chi connectivity index (χ2n) is 6.01. The summed E-state index contributed by atoms with van der Waals surface area (Å²) in [7, 11) is -3.58. The summed E-state index contributed by atoms with van der Waals surface area (Å²) in [4.78, 5) is 16.2. The smallest absolute Gasteiger partial charge is 0.268 e. The molecule has 148 valence electrons. The number of nitriles is 1. The number of rotatable bonds is 5. The SMILES string of the molecule is Cc1ccc(-n2cccc2/C=C(/C#N)C(=O)Nc2nc(S(C)(=O)=O)ns2)cc1Cl. The number of anilines is 1. The molecular weight excluding hydrogens is 434 g/mol. The molecule has 2 aromatic heterocycles. The molecule has 0 fully saturated rings. The van der Waals surface area contributed by atoms with Crippen LogP contribution in [-0.4, -0.2) is 34.5 Å². The minimum atomic E-state index is -3.58. The first-order valence-corrected chi connectivity index (χ1v) is 11.1. The van der Waals surface area contributed by atoms with Gasteiger partial charge in [0.25, 0.3) is 11.1 Å². The zero-order chi connectivity index (χ0) is 21.2. The van der Waals surface area contributed by atoms with Gasteiger partial charge in [0.2, 0.25) is 15.0 Å². The van der Waals surface area contributed by atoms with Crippen molar-refractivity contribution < 1.29 is 13.2 Å². The van der Waals surface area contributed by atoms with Crippen LogP contribution in [0.2, 0.25) is 5.02 Å². The number of carbonyl (C=O) groups excluding carboxylic acids is 1. The van der Waals surface area contributed by atoms with E-state index in [9.17, 15) is 18.5 Å². The van der Waals surface area contributed by atoms with Crippen molar-refractivity contribution in [3.8, 4) is 11.8 Å². The highest BCUT2D eigenvalue weighted by Gasteiger charge is 2.18. The van der Waals surface area contributed by atoms with Gasteiger partial charge in [-0.3, -0.25) is 10.1 Å².